The number of hydrogen-bond donors (Lipinski definition) is 3. The Morgan fingerprint density at radius 3 is 2.67 bits per heavy atom. The van der Waals surface area contributed by atoms with Crippen LogP contribution in [0.25, 0.3) is 0 Å². The summed E-state index contributed by atoms with van der Waals surface area (Å²) in [5, 5.41) is 16.5. The molecule has 3 N–H and O–H groups in total. The van der Waals surface area contributed by atoms with E-state index in [2.05, 4.69) is 29.5 Å². The van der Waals surface area contributed by atoms with Crippen LogP contribution < -0.4 is 10.6 Å². The number of carbonyl (C=O) groups is 2. The third kappa shape index (κ3) is 6.57. The third-order valence-corrected chi connectivity index (χ3v) is 3.90. The van der Waals surface area contributed by atoms with Gasteiger partial charge in [0.2, 0.25) is 0 Å². The molecule has 2 amide bonds. The van der Waals surface area contributed by atoms with Crippen LogP contribution in [0.15, 0.2) is 5.38 Å². The lowest BCUT2D eigenvalue weighted by Gasteiger charge is -2.18. The Morgan fingerprint density at radius 2 is 2.10 bits per heavy atom. The average Bonchev–Trinajstić information content (AvgIpc) is 2.92. The maximum Gasteiger partial charge on any atom is 0.355 e. The summed E-state index contributed by atoms with van der Waals surface area (Å²) in [6, 6.07) is -0.0301. The van der Waals surface area contributed by atoms with E-state index in [1.54, 1.807) is 0 Å². The number of aromatic carboxylic acids is 1. The first kappa shape index (κ1) is 17.4. The Hall–Kier alpha value is -1.63. The van der Waals surface area contributed by atoms with Gasteiger partial charge in [0.15, 0.2) is 5.69 Å². The van der Waals surface area contributed by atoms with Gasteiger partial charge in [0, 0.05) is 11.4 Å². The number of unbranched alkanes of at least 4 members (excludes halogenated alkanes) is 1. The van der Waals surface area contributed by atoms with Crippen molar-refractivity contribution in [2.45, 2.75) is 58.5 Å². The average molecular weight is 313 g/mol. The van der Waals surface area contributed by atoms with Gasteiger partial charge in [-0.3, -0.25) is 0 Å². The summed E-state index contributed by atoms with van der Waals surface area (Å²) < 4.78 is 0. The number of carboxylic acids is 1. The Kier molecular flexibility index (Phi) is 7.74. The highest BCUT2D eigenvalue weighted by atomic mass is 32.1. The number of hydrogen-bond acceptors (Lipinski definition) is 4. The standard InChI is InChI=1S/C14H23N3O3S/c1-3-5-7-10(6-4-2)16-14(20)15-8-12-17-11(9-21-12)13(18)19/h9-10H,3-8H2,1-2H3,(H,18,19)(H2,15,16,20). The lowest BCUT2D eigenvalue weighted by atomic mass is 10.1. The van der Waals surface area contributed by atoms with E-state index in [0.29, 0.717) is 5.01 Å². The van der Waals surface area contributed by atoms with Crippen LogP contribution in [0.5, 0.6) is 0 Å². The van der Waals surface area contributed by atoms with Crippen molar-refractivity contribution in [1.82, 2.24) is 15.6 Å². The predicted molar refractivity (Wildman–Crippen MR) is 82.7 cm³/mol. The quantitative estimate of drug-likeness (QED) is 0.653. The highest BCUT2D eigenvalue weighted by Gasteiger charge is 2.12. The van der Waals surface area contributed by atoms with Crippen LogP contribution >= 0.6 is 11.3 Å². The number of carbonyl (C=O) groups excluding carboxylic acids is 1. The van der Waals surface area contributed by atoms with Crippen LogP contribution in [0, 0.1) is 0 Å². The van der Waals surface area contributed by atoms with Gasteiger partial charge in [-0.1, -0.05) is 33.1 Å². The monoisotopic (exact) mass is 313 g/mol. The normalized spacial score (nSPS) is 11.9. The second kappa shape index (κ2) is 9.33. The van der Waals surface area contributed by atoms with E-state index < -0.39 is 5.97 Å². The van der Waals surface area contributed by atoms with E-state index in [4.69, 9.17) is 5.11 Å². The number of nitrogens with one attached hydrogen (secondary N) is 2. The molecule has 0 saturated heterocycles. The summed E-state index contributed by atoms with van der Waals surface area (Å²) in [6.07, 6.45) is 5.19. The predicted octanol–water partition coefficient (Wildman–Crippen LogP) is 3.00. The van der Waals surface area contributed by atoms with E-state index in [1.807, 2.05) is 0 Å². The Bertz CT molecular complexity index is 462. The third-order valence-electron chi connectivity index (χ3n) is 3.05. The number of amides is 2. The number of urea groups is 1. The van der Waals surface area contributed by atoms with Crippen molar-refractivity contribution < 1.29 is 14.7 Å². The van der Waals surface area contributed by atoms with Gasteiger partial charge in [-0.25, -0.2) is 14.6 Å². The van der Waals surface area contributed by atoms with E-state index in [-0.39, 0.29) is 24.3 Å². The smallest absolute Gasteiger partial charge is 0.355 e. The summed E-state index contributed by atoms with van der Waals surface area (Å²) >= 11 is 1.23. The fourth-order valence-electron chi connectivity index (χ4n) is 1.97. The van der Waals surface area contributed by atoms with Crippen molar-refractivity contribution in [3.8, 4) is 0 Å². The molecule has 6 nitrogen and oxygen atoms in total. The number of thiazole rings is 1. The number of aromatic nitrogens is 1. The van der Waals surface area contributed by atoms with Gasteiger partial charge in [-0.15, -0.1) is 11.3 Å². The second-order valence-corrected chi connectivity index (χ2v) is 5.83. The molecular weight excluding hydrogens is 290 g/mol. The first-order chi connectivity index (χ1) is 10.1. The molecule has 0 saturated carbocycles. The molecule has 1 atom stereocenters. The summed E-state index contributed by atoms with van der Waals surface area (Å²) in [4.78, 5) is 26.5. The molecule has 0 radical (unpaired) electrons. The molecule has 0 aliphatic rings. The van der Waals surface area contributed by atoms with Crippen molar-refractivity contribution >= 4 is 23.3 Å². The zero-order valence-electron chi connectivity index (χ0n) is 12.5. The number of carboxylic acid groups (broad SMARTS) is 1. The minimum atomic E-state index is -1.05. The molecule has 1 rings (SSSR count). The van der Waals surface area contributed by atoms with Gasteiger partial charge in [0.25, 0.3) is 0 Å². The van der Waals surface area contributed by atoms with Gasteiger partial charge in [-0.2, -0.15) is 0 Å². The molecule has 21 heavy (non-hydrogen) atoms. The van der Waals surface area contributed by atoms with E-state index in [9.17, 15) is 9.59 Å². The minimum Gasteiger partial charge on any atom is -0.476 e. The molecule has 1 aromatic rings. The Labute approximate surface area is 129 Å². The summed E-state index contributed by atoms with van der Waals surface area (Å²) in [7, 11) is 0. The van der Waals surface area contributed by atoms with E-state index in [0.717, 1.165) is 32.1 Å². The van der Waals surface area contributed by atoms with Crippen LogP contribution in [0.3, 0.4) is 0 Å². The molecule has 1 unspecified atom stereocenters. The van der Waals surface area contributed by atoms with Crippen molar-refractivity contribution in [3.05, 3.63) is 16.1 Å². The van der Waals surface area contributed by atoms with Crippen molar-refractivity contribution in [1.29, 1.82) is 0 Å². The zero-order valence-corrected chi connectivity index (χ0v) is 13.3. The molecule has 0 spiro atoms. The van der Waals surface area contributed by atoms with Crippen molar-refractivity contribution in [2.75, 3.05) is 0 Å². The lowest BCUT2D eigenvalue weighted by molar-refractivity contribution is 0.0691. The molecule has 0 bridgehead atoms. The first-order valence-corrected chi connectivity index (χ1v) is 8.16. The van der Waals surface area contributed by atoms with Gasteiger partial charge < -0.3 is 15.7 Å². The number of rotatable bonds is 9. The van der Waals surface area contributed by atoms with Crippen LogP contribution in [0.2, 0.25) is 0 Å². The van der Waals surface area contributed by atoms with Gasteiger partial charge in [0.1, 0.15) is 5.01 Å². The lowest BCUT2D eigenvalue weighted by Crippen LogP contribution is -2.41. The summed E-state index contributed by atoms with van der Waals surface area (Å²) in [5.74, 6) is -1.05. The van der Waals surface area contributed by atoms with E-state index in [1.165, 1.54) is 16.7 Å². The molecular formula is C14H23N3O3S. The molecule has 0 aromatic carbocycles. The molecule has 1 heterocycles. The topological polar surface area (TPSA) is 91.3 Å². The van der Waals surface area contributed by atoms with Crippen LogP contribution in [0.4, 0.5) is 4.79 Å². The fourth-order valence-corrected chi connectivity index (χ4v) is 2.68. The van der Waals surface area contributed by atoms with Gasteiger partial charge in [-0.05, 0) is 12.8 Å². The maximum absolute atomic E-state index is 11.8. The van der Waals surface area contributed by atoms with Gasteiger partial charge >= 0.3 is 12.0 Å². The molecule has 0 fully saturated rings. The van der Waals surface area contributed by atoms with Gasteiger partial charge in [0.05, 0.1) is 6.54 Å². The van der Waals surface area contributed by atoms with E-state index >= 15 is 0 Å². The fraction of sp³-hybridized carbons (Fsp3) is 0.643. The summed E-state index contributed by atoms with van der Waals surface area (Å²) in [6.45, 7) is 4.48. The second-order valence-electron chi connectivity index (χ2n) is 4.89. The largest absolute Gasteiger partial charge is 0.476 e. The minimum absolute atomic E-state index is 0.0176. The summed E-state index contributed by atoms with van der Waals surface area (Å²) in [5.41, 5.74) is 0.0176. The highest BCUT2D eigenvalue weighted by Crippen LogP contribution is 2.10. The highest BCUT2D eigenvalue weighted by molar-refractivity contribution is 7.09. The number of nitrogens with zero attached hydrogens (tertiary/aromatic N) is 1. The van der Waals surface area contributed by atoms with Crippen molar-refractivity contribution in [2.24, 2.45) is 0 Å². The molecule has 0 aliphatic heterocycles. The molecule has 1 aromatic heterocycles. The first-order valence-electron chi connectivity index (χ1n) is 7.28. The molecule has 118 valence electrons. The van der Waals surface area contributed by atoms with Crippen LogP contribution in [0.1, 0.15) is 61.4 Å². The molecule has 7 heteroatoms. The van der Waals surface area contributed by atoms with Crippen molar-refractivity contribution in [3.63, 3.8) is 0 Å². The Balaban J connectivity index is 2.38. The van der Waals surface area contributed by atoms with Crippen LogP contribution in [-0.4, -0.2) is 28.1 Å². The molecule has 0 aliphatic carbocycles. The van der Waals surface area contributed by atoms with Crippen LogP contribution in [-0.2, 0) is 6.54 Å². The zero-order chi connectivity index (χ0) is 15.7. The maximum atomic E-state index is 11.8. The SMILES string of the molecule is CCCCC(CCC)NC(=O)NCc1nc(C(=O)O)cs1. The Morgan fingerprint density at radius 1 is 1.33 bits per heavy atom.